The lowest BCUT2D eigenvalue weighted by atomic mass is 9.84. The van der Waals surface area contributed by atoms with Crippen molar-refractivity contribution in [2.45, 2.75) is 53.5 Å². The fourth-order valence-electron chi connectivity index (χ4n) is 3.17. The highest BCUT2D eigenvalue weighted by molar-refractivity contribution is 5.55. The lowest BCUT2D eigenvalue weighted by Gasteiger charge is -2.33. The topological polar surface area (TPSA) is 12.0 Å². The number of rotatable bonds is 6. The molecule has 0 aliphatic heterocycles. The molecule has 0 heterocycles. The van der Waals surface area contributed by atoms with Crippen LogP contribution in [0.3, 0.4) is 0 Å². The number of hydrogen-bond acceptors (Lipinski definition) is 1. The molecule has 1 nitrogen and oxygen atoms in total. The Morgan fingerprint density at radius 2 is 1.67 bits per heavy atom. The first-order chi connectivity index (χ1) is 12.7. The van der Waals surface area contributed by atoms with Crippen LogP contribution in [0, 0.1) is 13.8 Å². The molecule has 0 aromatic heterocycles. The van der Waals surface area contributed by atoms with Gasteiger partial charge in [0, 0.05) is 5.70 Å². The minimum absolute atomic E-state index is 0.165. The van der Waals surface area contributed by atoms with Gasteiger partial charge in [0.2, 0.25) is 0 Å². The first-order valence-corrected chi connectivity index (χ1v) is 9.51. The Morgan fingerprint density at radius 3 is 2.11 bits per heavy atom. The van der Waals surface area contributed by atoms with Crippen LogP contribution in [0.15, 0.2) is 79.0 Å². The molecule has 0 radical (unpaired) electrons. The highest BCUT2D eigenvalue weighted by Crippen LogP contribution is 2.30. The van der Waals surface area contributed by atoms with Crippen molar-refractivity contribution >= 4 is 6.08 Å². The second-order valence-corrected chi connectivity index (χ2v) is 7.60. The van der Waals surface area contributed by atoms with E-state index in [0.717, 1.165) is 17.7 Å². The quantitative estimate of drug-likeness (QED) is 0.531. The predicted molar refractivity (Wildman–Crippen MR) is 122 cm³/mol. The van der Waals surface area contributed by atoms with Gasteiger partial charge in [-0.25, -0.2) is 0 Å². The Balaban J connectivity index is 0.000000433. The summed E-state index contributed by atoms with van der Waals surface area (Å²) in [6.45, 7) is 20.6. The number of hydrogen-bond donors (Lipinski definition) is 1. The first kappa shape index (κ1) is 22.5. The van der Waals surface area contributed by atoms with Crippen LogP contribution in [0.5, 0.6) is 0 Å². The number of aryl methyl sites for hydroxylation is 2. The van der Waals surface area contributed by atoms with Crippen LogP contribution >= 0.6 is 0 Å². The zero-order valence-corrected chi connectivity index (χ0v) is 17.9. The van der Waals surface area contributed by atoms with Gasteiger partial charge in [-0.15, -0.1) is 6.58 Å². The van der Waals surface area contributed by atoms with E-state index in [-0.39, 0.29) is 5.54 Å². The lowest BCUT2D eigenvalue weighted by Crippen LogP contribution is -2.38. The molecule has 0 aliphatic carbocycles. The van der Waals surface area contributed by atoms with Gasteiger partial charge in [0.05, 0.1) is 5.54 Å². The molecule has 2 aromatic rings. The van der Waals surface area contributed by atoms with Crippen molar-refractivity contribution < 1.29 is 0 Å². The standard InChI is InChI=1S/C19H27N.C7H8/c1-8-9-17-12-18(11-10-16(17)6)19(7,13-14(2)3)20-15(4)5;1-7-5-3-2-4-6-7/h8-12,20H,2,4,13H2,1,3,5-7H3;2-6H,1H3/b9-8-;/t19-;/m0./s1. The third kappa shape index (κ3) is 7.70. The van der Waals surface area contributed by atoms with Crippen LogP contribution in [0.1, 0.15) is 56.4 Å². The van der Waals surface area contributed by atoms with Gasteiger partial charge in [-0.05, 0) is 70.7 Å². The average Bonchev–Trinajstić information content (AvgIpc) is 2.56. The fourth-order valence-corrected chi connectivity index (χ4v) is 3.17. The minimum Gasteiger partial charge on any atom is -0.379 e. The van der Waals surface area contributed by atoms with Gasteiger partial charge in [0.1, 0.15) is 0 Å². The van der Waals surface area contributed by atoms with Crippen molar-refractivity contribution in [2.75, 3.05) is 0 Å². The number of allylic oxidation sites excluding steroid dienone is 2. The van der Waals surface area contributed by atoms with Gasteiger partial charge in [0.15, 0.2) is 0 Å². The maximum Gasteiger partial charge on any atom is 0.0630 e. The summed E-state index contributed by atoms with van der Waals surface area (Å²) < 4.78 is 0. The molecule has 0 aliphatic rings. The molecule has 144 valence electrons. The van der Waals surface area contributed by atoms with Gasteiger partial charge in [-0.1, -0.05) is 72.3 Å². The molecule has 0 saturated carbocycles. The minimum atomic E-state index is -0.165. The van der Waals surface area contributed by atoms with Crippen molar-refractivity contribution in [3.8, 4) is 0 Å². The van der Waals surface area contributed by atoms with Crippen molar-refractivity contribution in [1.29, 1.82) is 0 Å². The van der Waals surface area contributed by atoms with E-state index in [1.165, 1.54) is 22.3 Å². The second kappa shape index (κ2) is 10.6. The third-order valence-electron chi connectivity index (χ3n) is 4.35. The largest absolute Gasteiger partial charge is 0.379 e. The summed E-state index contributed by atoms with van der Waals surface area (Å²) in [5.41, 5.74) is 7.11. The molecule has 0 unspecified atom stereocenters. The van der Waals surface area contributed by atoms with E-state index in [1.807, 2.05) is 32.0 Å². The van der Waals surface area contributed by atoms with Crippen molar-refractivity contribution in [3.05, 3.63) is 101 Å². The molecular formula is C26H35N. The molecule has 0 amide bonds. The summed E-state index contributed by atoms with van der Waals surface area (Å²) in [6, 6.07) is 16.9. The zero-order chi connectivity index (χ0) is 20.4. The lowest BCUT2D eigenvalue weighted by molar-refractivity contribution is 0.401. The van der Waals surface area contributed by atoms with E-state index in [9.17, 15) is 0 Å². The maximum absolute atomic E-state index is 4.07. The number of nitrogens with one attached hydrogen (secondary N) is 1. The van der Waals surface area contributed by atoms with Crippen LogP contribution < -0.4 is 5.32 Å². The summed E-state index contributed by atoms with van der Waals surface area (Å²) in [4.78, 5) is 0. The molecule has 0 fully saturated rings. The van der Waals surface area contributed by atoms with Gasteiger partial charge < -0.3 is 5.32 Å². The molecule has 2 aromatic carbocycles. The summed E-state index contributed by atoms with van der Waals surface area (Å²) in [5, 5.41) is 3.51. The maximum atomic E-state index is 4.07. The molecule has 0 bridgehead atoms. The average molecular weight is 362 g/mol. The highest BCUT2D eigenvalue weighted by Gasteiger charge is 2.26. The molecular weight excluding hydrogens is 326 g/mol. The Bertz CT molecular complexity index is 765. The molecule has 1 atom stereocenters. The van der Waals surface area contributed by atoms with Crippen LogP contribution in [0.25, 0.3) is 6.08 Å². The van der Waals surface area contributed by atoms with Gasteiger partial charge in [-0.2, -0.15) is 0 Å². The van der Waals surface area contributed by atoms with E-state index in [0.29, 0.717) is 0 Å². The first-order valence-electron chi connectivity index (χ1n) is 9.51. The van der Waals surface area contributed by atoms with Crippen molar-refractivity contribution in [2.24, 2.45) is 0 Å². The Labute approximate surface area is 166 Å². The SMILES string of the molecule is C=C(C)C[C@](C)(NC(=C)C)c1ccc(C)c(/C=C\C)c1.Cc1ccccc1. The van der Waals surface area contributed by atoms with Crippen LogP contribution in [0.4, 0.5) is 0 Å². The third-order valence-corrected chi connectivity index (χ3v) is 4.35. The summed E-state index contributed by atoms with van der Waals surface area (Å²) in [6.07, 6.45) is 5.12. The summed E-state index contributed by atoms with van der Waals surface area (Å²) >= 11 is 0. The monoisotopic (exact) mass is 361 g/mol. The second-order valence-electron chi connectivity index (χ2n) is 7.60. The predicted octanol–water partition coefficient (Wildman–Crippen LogP) is 7.33. The summed E-state index contributed by atoms with van der Waals surface area (Å²) in [7, 11) is 0. The van der Waals surface area contributed by atoms with E-state index < -0.39 is 0 Å². The Hall–Kier alpha value is -2.54. The van der Waals surface area contributed by atoms with Crippen LogP contribution in [-0.4, -0.2) is 0 Å². The zero-order valence-electron chi connectivity index (χ0n) is 17.9. The molecule has 0 saturated heterocycles. The highest BCUT2D eigenvalue weighted by atomic mass is 15.0. The molecule has 1 N–H and O–H groups in total. The van der Waals surface area contributed by atoms with Crippen LogP contribution in [0.2, 0.25) is 0 Å². The number of benzene rings is 2. The van der Waals surface area contributed by atoms with Gasteiger partial charge >= 0.3 is 0 Å². The van der Waals surface area contributed by atoms with E-state index in [1.54, 1.807) is 0 Å². The van der Waals surface area contributed by atoms with Gasteiger partial charge in [-0.3, -0.25) is 0 Å². The Morgan fingerprint density at radius 1 is 1.04 bits per heavy atom. The summed E-state index contributed by atoms with van der Waals surface area (Å²) in [5.74, 6) is 0. The normalized spacial score (nSPS) is 12.7. The van der Waals surface area contributed by atoms with E-state index in [2.05, 4.69) is 88.7 Å². The fraction of sp³-hybridized carbons (Fsp3) is 0.308. The van der Waals surface area contributed by atoms with E-state index >= 15 is 0 Å². The van der Waals surface area contributed by atoms with Gasteiger partial charge in [0.25, 0.3) is 0 Å². The smallest absolute Gasteiger partial charge is 0.0630 e. The molecule has 2 rings (SSSR count). The van der Waals surface area contributed by atoms with E-state index in [4.69, 9.17) is 0 Å². The van der Waals surface area contributed by atoms with Crippen molar-refractivity contribution in [1.82, 2.24) is 5.32 Å². The molecule has 0 spiro atoms. The van der Waals surface area contributed by atoms with Crippen molar-refractivity contribution in [3.63, 3.8) is 0 Å². The Kier molecular flexibility index (Phi) is 8.81. The molecule has 1 heteroatoms. The van der Waals surface area contributed by atoms with Crippen LogP contribution in [-0.2, 0) is 5.54 Å². The molecule has 27 heavy (non-hydrogen) atoms.